The van der Waals surface area contributed by atoms with E-state index in [1.54, 1.807) is 6.07 Å². The average molecular weight is 457 g/mol. The lowest BCUT2D eigenvalue weighted by molar-refractivity contribution is -0.144. The Morgan fingerprint density at radius 1 is 1.24 bits per heavy atom. The van der Waals surface area contributed by atoms with Gasteiger partial charge in [-0.1, -0.05) is 20.8 Å². The third kappa shape index (κ3) is 5.62. The Balaban J connectivity index is 1.74. The quantitative estimate of drug-likeness (QED) is 0.502. The average Bonchev–Trinajstić information content (AvgIpc) is 3.20. The summed E-state index contributed by atoms with van der Waals surface area (Å²) in [6.45, 7) is 6.44. The van der Waals surface area contributed by atoms with Crippen LogP contribution in [0, 0.1) is 39.4 Å². The Bertz CT molecular complexity index is 907. The first-order valence-corrected chi connectivity index (χ1v) is 11.4. The smallest absolute Gasteiger partial charge is 0.246 e. The van der Waals surface area contributed by atoms with E-state index in [1.165, 1.54) is 4.90 Å². The van der Waals surface area contributed by atoms with Crippen LogP contribution in [0.3, 0.4) is 0 Å². The lowest BCUT2D eigenvalue weighted by atomic mass is 9.85. The molecule has 10 heteroatoms. The summed E-state index contributed by atoms with van der Waals surface area (Å²) in [5, 5.41) is 26.5. The largest absolute Gasteiger partial charge is 0.356 e. The standard InChI is InChI=1S/C23H32N6O4/c1-22(2,3)18(28-17(30)4-8-24)21(33)29-13-23(6-7-23)11-16(29)20(32)27-15(12-25)10-14-5-9-26-19(14)31/h14-16,18H,4-7,9-11,13H2,1-3H3,(H,26,31)(H,27,32)(H,28,30)/t14-,15-,16-,18+/m0/s1. The van der Waals surface area contributed by atoms with Crippen molar-refractivity contribution in [1.82, 2.24) is 20.9 Å². The number of likely N-dealkylation sites (tertiary alicyclic amines) is 1. The molecule has 3 fully saturated rings. The lowest BCUT2D eigenvalue weighted by Gasteiger charge is -2.35. The molecule has 2 aliphatic heterocycles. The van der Waals surface area contributed by atoms with E-state index >= 15 is 0 Å². The van der Waals surface area contributed by atoms with Crippen LogP contribution >= 0.6 is 0 Å². The molecule has 3 rings (SSSR count). The molecule has 10 nitrogen and oxygen atoms in total. The molecular formula is C23H32N6O4. The maximum atomic E-state index is 13.6. The van der Waals surface area contributed by atoms with Crippen molar-refractivity contribution in [3.63, 3.8) is 0 Å². The summed E-state index contributed by atoms with van der Waals surface area (Å²) < 4.78 is 0. The summed E-state index contributed by atoms with van der Waals surface area (Å²) >= 11 is 0. The van der Waals surface area contributed by atoms with E-state index in [9.17, 15) is 24.4 Å². The molecule has 4 atom stereocenters. The van der Waals surface area contributed by atoms with Gasteiger partial charge in [-0.2, -0.15) is 10.5 Å². The van der Waals surface area contributed by atoms with E-state index in [2.05, 4.69) is 22.0 Å². The fourth-order valence-electron chi connectivity index (χ4n) is 4.73. The number of nitriles is 2. The van der Waals surface area contributed by atoms with Crippen LogP contribution in [0.25, 0.3) is 0 Å². The summed E-state index contributed by atoms with van der Waals surface area (Å²) in [6.07, 6.45) is 2.85. The number of nitrogens with zero attached hydrogens (tertiary/aromatic N) is 3. The molecule has 0 aromatic heterocycles. The molecule has 0 unspecified atom stereocenters. The molecule has 4 amide bonds. The summed E-state index contributed by atoms with van der Waals surface area (Å²) in [5.74, 6) is -1.73. The number of amides is 4. The normalized spacial score (nSPS) is 24.9. The number of hydrogen-bond acceptors (Lipinski definition) is 6. The Morgan fingerprint density at radius 3 is 2.45 bits per heavy atom. The molecular weight excluding hydrogens is 424 g/mol. The molecule has 3 aliphatic rings. The van der Waals surface area contributed by atoms with Gasteiger partial charge in [0.25, 0.3) is 0 Å². The summed E-state index contributed by atoms with van der Waals surface area (Å²) in [4.78, 5) is 52.3. The molecule has 0 aromatic rings. The van der Waals surface area contributed by atoms with Crippen molar-refractivity contribution >= 4 is 23.6 Å². The van der Waals surface area contributed by atoms with Crippen molar-refractivity contribution in [3.05, 3.63) is 0 Å². The van der Waals surface area contributed by atoms with Gasteiger partial charge in [-0.25, -0.2) is 0 Å². The first kappa shape index (κ1) is 24.5. The van der Waals surface area contributed by atoms with Crippen LogP contribution in [0.15, 0.2) is 0 Å². The highest BCUT2D eigenvalue weighted by Gasteiger charge is 2.56. The predicted molar refractivity (Wildman–Crippen MR) is 117 cm³/mol. The van der Waals surface area contributed by atoms with Crippen LogP contribution in [0.5, 0.6) is 0 Å². The third-order valence-corrected chi connectivity index (χ3v) is 6.86. The summed E-state index contributed by atoms with van der Waals surface area (Å²) in [5.41, 5.74) is -0.724. The Hall–Kier alpha value is -3.14. The van der Waals surface area contributed by atoms with Gasteiger partial charge in [-0.3, -0.25) is 19.2 Å². The van der Waals surface area contributed by atoms with Gasteiger partial charge in [0.05, 0.1) is 12.1 Å². The van der Waals surface area contributed by atoms with Gasteiger partial charge < -0.3 is 20.9 Å². The maximum Gasteiger partial charge on any atom is 0.246 e. The van der Waals surface area contributed by atoms with E-state index in [-0.39, 0.29) is 36.0 Å². The minimum Gasteiger partial charge on any atom is -0.356 e. The zero-order valence-electron chi connectivity index (χ0n) is 19.4. The molecule has 1 saturated carbocycles. The van der Waals surface area contributed by atoms with Gasteiger partial charge in [-0.05, 0) is 42.9 Å². The highest BCUT2D eigenvalue weighted by Crippen LogP contribution is 2.55. The third-order valence-electron chi connectivity index (χ3n) is 6.86. The van der Waals surface area contributed by atoms with Crippen molar-refractivity contribution in [2.45, 2.75) is 77.4 Å². The van der Waals surface area contributed by atoms with E-state index < -0.39 is 35.4 Å². The van der Waals surface area contributed by atoms with Crippen LogP contribution < -0.4 is 16.0 Å². The van der Waals surface area contributed by atoms with Crippen LogP contribution in [0.1, 0.15) is 59.3 Å². The number of carbonyl (C=O) groups excluding carboxylic acids is 4. The molecule has 1 aliphatic carbocycles. The van der Waals surface area contributed by atoms with Crippen LogP contribution in [0.2, 0.25) is 0 Å². The predicted octanol–water partition coefficient (Wildman–Crippen LogP) is 0.347. The number of rotatable bonds is 7. The molecule has 1 spiro atoms. The van der Waals surface area contributed by atoms with Crippen LogP contribution in [0.4, 0.5) is 0 Å². The molecule has 33 heavy (non-hydrogen) atoms. The monoisotopic (exact) mass is 456 g/mol. The molecule has 0 bridgehead atoms. The number of hydrogen-bond donors (Lipinski definition) is 3. The van der Waals surface area contributed by atoms with Crippen molar-refractivity contribution in [2.75, 3.05) is 13.1 Å². The van der Waals surface area contributed by atoms with Gasteiger partial charge in [-0.15, -0.1) is 0 Å². The topological polar surface area (TPSA) is 155 Å². The fraction of sp³-hybridized carbons (Fsp3) is 0.739. The second kappa shape index (κ2) is 9.38. The molecule has 2 saturated heterocycles. The molecule has 178 valence electrons. The van der Waals surface area contributed by atoms with E-state index in [4.69, 9.17) is 5.26 Å². The second-order valence-corrected chi connectivity index (χ2v) is 10.6. The van der Waals surface area contributed by atoms with Gasteiger partial charge in [0, 0.05) is 19.0 Å². The molecule has 0 aromatic carbocycles. The van der Waals surface area contributed by atoms with Gasteiger partial charge in [0.2, 0.25) is 23.6 Å². The summed E-state index contributed by atoms with van der Waals surface area (Å²) in [7, 11) is 0. The highest BCUT2D eigenvalue weighted by molar-refractivity contribution is 5.93. The van der Waals surface area contributed by atoms with Crippen molar-refractivity contribution < 1.29 is 19.2 Å². The minimum absolute atomic E-state index is 0.0930. The van der Waals surface area contributed by atoms with Crippen molar-refractivity contribution in [1.29, 1.82) is 10.5 Å². The van der Waals surface area contributed by atoms with Crippen LogP contribution in [-0.2, 0) is 19.2 Å². The minimum atomic E-state index is -0.892. The fourth-order valence-corrected chi connectivity index (χ4v) is 4.73. The zero-order chi connectivity index (χ0) is 24.4. The Kier molecular flexibility index (Phi) is 6.97. The molecule has 2 heterocycles. The number of carbonyl (C=O) groups is 4. The Morgan fingerprint density at radius 2 is 1.94 bits per heavy atom. The second-order valence-electron chi connectivity index (χ2n) is 10.6. The van der Waals surface area contributed by atoms with Crippen molar-refractivity contribution in [2.24, 2.45) is 16.7 Å². The number of nitrogens with one attached hydrogen (secondary N) is 3. The van der Waals surface area contributed by atoms with E-state index in [1.807, 2.05) is 20.8 Å². The summed E-state index contributed by atoms with van der Waals surface area (Å²) in [6, 6.07) is 1.39. The highest BCUT2D eigenvalue weighted by atomic mass is 16.2. The zero-order valence-corrected chi connectivity index (χ0v) is 19.4. The van der Waals surface area contributed by atoms with Crippen LogP contribution in [-0.4, -0.2) is 59.7 Å². The first-order valence-electron chi connectivity index (χ1n) is 11.4. The molecule has 0 radical (unpaired) electrons. The van der Waals surface area contributed by atoms with Gasteiger partial charge in [0.1, 0.15) is 24.5 Å². The van der Waals surface area contributed by atoms with Crippen molar-refractivity contribution in [3.8, 4) is 12.1 Å². The Labute approximate surface area is 194 Å². The van der Waals surface area contributed by atoms with E-state index in [0.29, 0.717) is 25.9 Å². The maximum absolute atomic E-state index is 13.6. The molecule has 3 N–H and O–H groups in total. The SMILES string of the molecule is CC(C)(C)[C@H](NC(=O)CC#N)C(=O)N1CC2(CC2)C[C@H]1C(=O)N[C@H](C#N)C[C@@H]1CCNC1=O. The first-order chi connectivity index (χ1) is 15.5. The van der Waals surface area contributed by atoms with Gasteiger partial charge in [0.15, 0.2) is 0 Å². The van der Waals surface area contributed by atoms with Gasteiger partial charge >= 0.3 is 0 Å². The lowest BCUT2D eigenvalue weighted by Crippen LogP contribution is -2.58. The van der Waals surface area contributed by atoms with E-state index in [0.717, 1.165) is 12.8 Å².